The lowest BCUT2D eigenvalue weighted by atomic mass is 9.79. The number of hydrogen-bond donors (Lipinski definition) is 2. The predicted molar refractivity (Wildman–Crippen MR) is 70.4 cm³/mol. The Balaban J connectivity index is 1.88. The minimum Gasteiger partial charge on any atom is -0.370 e. The number of anilines is 1. The van der Waals surface area contributed by atoms with Gasteiger partial charge in [0.1, 0.15) is 5.60 Å². The minimum absolute atomic E-state index is 0.146. The predicted octanol–water partition coefficient (Wildman–Crippen LogP) is 1.49. The van der Waals surface area contributed by atoms with Crippen molar-refractivity contribution in [1.82, 2.24) is 25.3 Å². The summed E-state index contributed by atoms with van der Waals surface area (Å²) >= 11 is 0. The molecule has 3 rings (SSSR count). The monoisotopic (exact) mass is 278 g/mol. The molecule has 2 aromatic heterocycles. The summed E-state index contributed by atoms with van der Waals surface area (Å²) in [6, 6.07) is 0. The number of methoxy groups -OCH3 is 1. The van der Waals surface area contributed by atoms with Crippen LogP contribution in [0.2, 0.25) is 0 Å². The van der Waals surface area contributed by atoms with Crippen LogP contribution in [0.15, 0.2) is 4.52 Å². The van der Waals surface area contributed by atoms with Crippen LogP contribution in [0.25, 0.3) is 11.7 Å². The fourth-order valence-electron chi connectivity index (χ4n) is 2.62. The van der Waals surface area contributed by atoms with Gasteiger partial charge in [0.25, 0.3) is 5.89 Å². The number of nitrogens with two attached hydrogens (primary N) is 1. The van der Waals surface area contributed by atoms with Crippen molar-refractivity contribution < 1.29 is 9.26 Å². The molecule has 0 spiro atoms. The van der Waals surface area contributed by atoms with Crippen molar-refractivity contribution in [3.63, 3.8) is 0 Å². The van der Waals surface area contributed by atoms with Crippen LogP contribution in [-0.2, 0) is 10.3 Å². The third-order valence-electron chi connectivity index (χ3n) is 4.01. The Morgan fingerprint density at radius 1 is 1.35 bits per heavy atom. The Kier molecular flexibility index (Phi) is 3.17. The quantitative estimate of drug-likeness (QED) is 0.873. The molecule has 2 aromatic rings. The van der Waals surface area contributed by atoms with Crippen LogP contribution >= 0.6 is 0 Å². The third-order valence-corrected chi connectivity index (χ3v) is 4.01. The highest BCUT2D eigenvalue weighted by Gasteiger charge is 2.40. The van der Waals surface area contributed by atoms with Crippen LogP contribution < -0.4 is 5.73 Å². The van der Waals surface area contributed by atoms with Crippen LogP contribution in [0.1, 0.15) is 38.4 Å². The van der Waals surface area contributed by atoms with Gasteiger partial charge in [0.15, 0.2) is 0 Å². The fourth-order valence-corrected chi connectivity index (χ4v) is 2.62. The van der Waals surface area contributed by atoms with E-state index in [2.05, 4.69) is 32.2 Å². The van der Waals surface area contributed by atoms with E-state index in [4.69, 9.17) is 15.0 Å². The molecule has 0 saturated heterocycles. The van der Waals surface area contributed by atoms with Crippen molar-refractivity contribution in [2.45, 2.75) is 38.2 Å². The first kappa shape index (κ1) is 13.0. The second kappa shape index (κ2) is 4.86. The summed E-state index contributed by atoms with van der Waals surface area (Å²) in [5.41, 5.74) is 5.01. The number of nitrogen functional groups attached to an aromatic ring is 1. The lowest BCUT2D eigenvalue weighted by Gasteiger charge is -2.35. The number of H-pyrrole nitrogens is 1. The normalized spacial score (nSPS) is 26.8. The van der Waals surface area contributed by atoms with E-state index < -0.39 is 5.60 Å². The zero-order chi connectivity index (χ0) is 14.2. The number of nitrogens with zero attached hydrogens (tertiary/aromatic N) is 4. The number of hydrogen-bond acceptors (Lipinski definition) is 7. The van der Waals surface area contributed by atoms with Crippen molar-refractivity contribution in [3.05, 3.63) is 5.82 Å². The summed E-state index contributed by atoms with van der Waals surface area (Å²) in [5.74, 6) is 2.07. The van der Waals surface area contributed by atoms with Gasteiger partial charge in [0, 0.05) is 7.11 Å². The molecule has 1 fully saturated rings. The maximum atomic E-state index is 5.71. The van der Waals surface area contributed by atoms with Gasteiger partial charge in [-0.25, -0.2) is 0 Å². The number of rotatable bonds is 3. The Morgan fingerprint density at radius 3 is 2.70 bits per heavy atom. The maximum absolute atomic E-state index is 5.71. The number of ether oxygens (including phenoxy) is 1. The standard InChI is InChI=1S/C12H18N6O2/c1-7-3-5-12(19-2,6-4-7)10-15-9(20-18-10)8-14-11(13)17-16-8/h7H,3-6H2,1-2H3,(H3,13,14,16,17). The summed E-state index contributed by atoms with van der Waals surface area (Å²) in [7, 11) is 1.69. The zero-order valence-corrected chi connectivity index (χ0v) is 11.6. The highest BCUT2D eigenvalue weighted by Crippen LogP contribution is 2.41. The number of nitrogens with one attached hydrogen (secondary N) is 1. The Bertz CT molecular complexity index is 584. The molecule has 0 amide bonds. The summed E-state index contributed by atoms with van der Waals surface area (Å²) in [6.07, 6.45) is 3.96. The van der Waals surface area contributed by atoms with Crippen LogP contribution in [0.3, 0.4) is 0 Å². The molecule has 8 heteroatoms. The van der Waals surface area contributed by atoms with Gasteiger partial charge in [-0.2, -0.15) is 9.97 Å². The lowest BCUT2D eigenvalue weighted by molar-refractivity contribution is -0.0609. The van der Waals surface area contributed by atoms with Crippen molar-refractivity contribution in [2.24, 2.45) is 5.92 Å². The Hall–Kier alpha value is -1.96. The average Bonchev–Trinajstić information content (AvgIpc) is 3.09. The third kappa shape index (κ3) is 2.15. The molecular weight excluding hydrogens is 260 g/mol. The van der Waals surface area contributed by atoms with E-state index >= 15 is 0 Å². The molecule has 0 atom stereocenters. The van der Waals surface area contributed by atoms with Gasteiger partial charge in [-0.3, -0.25) is 5.10 Å². The largest absolute Gasteiger partial charge is 0.370 e. The van der Waals surface area contributed by atoms with Crippen LogP contribution in [-0.4, -0.2) is 32.4 Å². The lowest BCUT2D eigenvalue weighted by Crippen LogP contribution is -2.34. The molecule has 3 N–H and O–H groups in total. The van der Waals surface area contributed by atoms with Gasteiger partial charge in [0.05, 0.1) is 0 Å². The van der Waals surface area contributed by atoms with E-state index in [0.29, 0.717) is 17.6 Å². The molecule has 0 radical (unpaired) electrons. The van der Waals surface area contributed by atoms with Crippen molar-refractivity contribution in [3.8, 4) is 11.7 Å². The van der Waals surface area contributed by atoms with Crippen molar-refractivity contribution >= 4 is 5.95 Å². The molecule has 1 saturated carbocycles. The molecular formula is C12H18N6O2. The topological polar surface area (TPSA) is 116 Å². The van der Waals surface area contributed by atoms with Gasteiger partial charge >= 0.3 is 0 Å². The van der Waals surface area contributed by atoms with E-state index in [1.54, 1.807) is 7.11 Å². The fraction of sp³-hybridized carbons (Fsp3) is 0.667. The molecule has 108 valence electrons. The summed E-state index contributed by atoms with van der Waals surface area (Å²) in [6.45, 7) is 2.25. The van der Waals surface area contributed by atoms with Gasteiger partial charge in [-0.1, -0.05) is 12.1 Å². The van der Waals surface area contributed by atoms with Crippen molar-refractivity contribution in [2.75, 3.05) is 12.8 Å². The molecule has 0 aromatic carbocycles. The summed E-state index contributed by atoms with van der Waals surface area (Å²) < 4.78 is 11.0. The van der Waals surface area contributed by atoms with E-state index in [1.165, 1.54) is 0 Å². The Morgan fingerprint density at radius 2 is 2.10 bits per heavy atom. The summed E-state index contributed by atoms with van der Waals surface area (Å²) in [4.78, 5) is 8.37. The highest BCUT2D eigenvalue weighted by molar-refractivity contribution is 5.41. The van der Waals surface area contributed by atoms with Crippen molar-refractivity contribution in [1.29, 1.82) is 0 Å². The first-order valence-corrected chi connectivity index (χ1v) is 6.70. The highest BCUT2D eigenvalue weighted by atomic mass is 16.5. The van der Waals surface area contributed by atoms with Gasteiger partial charge in [-0.15, -0.1) is 5.10 Å². The van der Waals surface area contributed by atoms with Gasteiger partial charge in [0.2, 0.25) is 17.6 Å². The van der Waals surface area contributed by atoms with E-state index in [0.717, 1.165) is 25.7 Å². The SMILES string of the molecule is COC1(c2noc(-c3nc(N)n[nH]3)n2)CCC(C)CC1. The van der Waals surface area contributed by atoms with Gasteiger partial charge < -0.3 is 15.0 Å². The Labute approximate surface area is 116 Å². The second-order valence-corrected chi connectivity index (χ2v) is 5.35. The average molecular weight is 278 g/mol. The molecule has 8 nitrogen and oxygen atoms in total. The first-order valence-electron chi connectivity index (χ1n) is 6.70. The molecule has 0 unspecified atom stereocenters. The number of aromatic nitrogens is 5. The van der Waals surface area contributed by atoms with Crippen LogP contribution in [0, 0.1) is 5.92 Å². The smallest absolute Gasteiger partial charge is 0.295 e. The number of aromatic amines is 1. The van der Waals surface area contributed by atoms with Crippen LogP contribution in [0.4, 0.5) is 5.95 Å². The molecule has 0 bridgehead atoms. The van der Waals surface area contributed by atoms with E-state index in [1.807, 2.05) is 0 Å². The zero-order valence-electron chi connectivity index (χ0n) is 11.6. The molecule has 20 heavy (non-hydrogen) atoms. The molecule has 2 heterocycles. The van der Waals surface area contributed by atoms with E-state index in [9.17, 15) is 0 Å². The second-order valence-electron chi connectivity index (χ2n) is 5.35. The molecule has 1 aliphatic carbocycles. The molecule has 0 aliphatic heterocycles. The maximum Gasteiger partial charge on any atom is 0.295 e. The first-order chi connectivity index (χ1) is 9.63. The van der Waals surface area contributed by atoms with Crippen LogP contribution in [0.5, 0.6) is 0 Å². The van der Waals surface area contributed by atoms with Gasteiger partial charge in [-0.05, 0) is 31.6 Å². The molecule has 1 aliphatic rings. The minimum atomic E-state index is -0.459. The summed E-state index contributed by atoms with van der Waals surface area (Å²) in [5, 5.41) is 10.5. The van der Waals surface area contributed by atoms with E-state index in [-0.39, 0.29) is 11.8 Å².